The summed E-state index contributed by atoms with van der Waals surface area (Å²) in [7, 11) is 0. The van der Waals surface area contributed by atoms with Gasteiger partial charge in [0, 0.05) is 18.0 Å². The van der Waals surface area contributed by atoms with Gasteiger partial charge in [0.25, 0.3) is 0 Å². The number of aliphatic hydroxyl groups is 1. The maximum atomic E-state index is 12.5. The fourth-order valence-electron chi connectivity index (χ4n) is 2.90. The van der Waals surface area contributed by atoms with E-state index in [4.69, 9.17) is 11.6 Å². The van der Waals surface area contributed by atoms with Crippen LogP contribution in [0.15, 0.2) is 54.6 Å². The molecule has 0 radical (unpaired) electrons. The predicted molar refractivity (Wildman–Crippen MR) is 91.5 cm³/mol. The van der Waals surface area contributed by atoms with Crippen molar-refractivity contribution in [3.8, 4) is 0 Å². The first-order valence-electron chi connectivity index (χ1n) is 7.86. The van der Waals surface area contributed by atoms with Crippen molar-refractivity contribution in [1.82, 2.24) is 5.32 Å². The highest BCUT2D eigenvalue weighted by atomic mass is 35.5. The van der Waals surface area contributed by atoms with Crippen molar-refractivity contribution in [1.29, 1.82) is 0 Å². The van der Waals surface area contributed by atoms with Crippen molar-refractivity contribution in [2.75, 3.05) is 6.54 Å². The van der Waals surface area contributed by atoms with Gasteiger partial charge < -0.3 is 10.4 Å². The fourth-order valence-corrected chi connectivity index (χ4v) is 3.09. The summed E-state index contributed by atoms with van der Waals surface area (Å²) in [4.78, 5) is 12.5. The van der Waals surface area contributed by atoms with Crippen LogP contribution in [-0.4, -0.2) is 23.7 Å². The molecule has 1 fully saturated rings. The van der Waals surface area contributed by atoms with Crippen LogP contribution in [-0.2, 0) is 16.6 Å². The Morgan fingerprint density at radius 3 is 2.57 bits per heavy atom. The van der Waals surface area contributed by atoms with E-state index in [0.717, 1.165) is 24.0 Å². The van der Waals surface area contributed by atoms with Crippen LogP contribution in [0.5, 0.6) is 0 Å². The molecule has 2 aromatic carbocycles. The molecule has 1 saturated carbocycles. The summed E-state index contributed by atoms with van der Waals surface area (Å²) in [5, 5.41) is 13.7. The Kier molecular flexibility index (Phi) is 4.69. The number of carbonyl (C=O) groups excluding carboxylic acids is 1. The molecule has 120 valence electrons. The lowest BCUT2D eigenvalue weighted by Crippen LogP contribution is -2.39. The third-order valence-corrected chi connectivity index (χ3v) is 4.61. The summed E-state index contributed by atoms with van der Waals surface area (Å²) >= 11 is 6.03. The highest BCUT2D eigenvalue weighted by molar-refractivity contribution is 6.30. The first-order valence-corrected chi connectivity index (χ1v) is 8.24. The lowest BCUT2D eigenvalue weighted by atomic mass is 9.95. The van der Waals surface area contributed by atoms with Crippen LogP contribution in [0.2, 0.25) is 5.02 Å². The Labute approximate surface area is 141 Å². The number of hydrogen-bond acceptors (Lipinski definition) is 2. The molecule has 1 atom stereocenters. The van der Waals surface area contributed by atoms with Crippen molar-refractivity contribution in [3.05, 3.63) is 70.7 Å². The molecule has 0 heterocycles. The Morgan fingerprint density at radius 2 is 1.91 bits per heavy atom. The van der Waals surface area contributed by atoms with Crippen molar-refractivity contribution in [3.63, 3.8) is 0 Å². The van der Waals surface area contributed by atoms with E-state index in [0.29, 0.717) is 11.4 Å². The number of carbonyl (C=O) groups is 1. The second kappa shape index (κ2) is 6.73. The number of halogens is 1. The van der Waals surface area contributed by atoms with Gasteiger partial charge in [-0.1, -0.05) is 54.1 Å². The number of benzene rings is 2. The zero-order chi connectivity index (χ0) is 16.3. The maximum Gasteiger partial charge on any atom is 0.230 e. The van der Waals surface area contributed by atoms with Gasteiger partial charge in [-0.2, -0.15) is 0 Å². The SMILES string of the molecule is O=C(NCC(O)Cc1ccccc1)C1(c2cccc(Cl)c2)CC1. The van der Waals surface area contributed by atoms with E-state index < -0.39 is 11.5 Å². The monoisotopic (exact) mass is 329 g/mol. The standard InChI is InChI=1S/C19H20ClNO2/c20-16-8-4-7-15(12-16)19(9-10-19)18(23)21-13-17(22)11-14-5-2-1-3-6-14/h1-8,12,17,22H,9-11,13H2,(H,21,23). The van der Waals surface area contributed by atoms with E-state index in [1.54, 1.807) is 0 Å². The zero-order valence-electron chi connectivity index (χ0n) is 12.8. The van der Waals surface area contributed by atoms with E-state index in [9.17, 15) is 9.90 Å². The molecule has 2 N–H and O–H groups in total. The summed E-state index contributed by atoms with van der Waals surface area (Å²) in [6, 6.07) is 17.3. The summed E-state index contributed by atoms with van der Waals surface area (Å²) < 4.78 is 0. The van der Waals surface area contributed by atoms with Gasteiger partial charge in [-0.05, 0) is 36.1 Å². The van der Waals surface area contributed by atoms with Gasteiger partial charge in [-0.3, -0.25) is 4.79 Å². The lowest BCUT2D eigenvalue weighted by Gasteiger charge is -2.18. The average molecular weight is 330 g/mol. The summed E-state index contributed by atoms with van der Waals surface area (Å²) in [5.74, 6) is -0.0214. The first-order chi connectivity index (χ1) is 11.1. The number of nitrogens with one attached hydrogen (secondary N) is 1. The Morgan fingerprint density at radius 1 is 1.17 bits per heavy atom. The van der Waals surface area contributed by atoms with E-state index >= 15 is 0 Å². The third-order valence-electron chi connectivity index (χ3n) is 4.37. The zero-order valence-corrected chi connectivity index (χ0v) is 13.6. The Bertz CT molecular complexity index is 683. The average Bonchev–Trinajstić information content (AvgIpc) is 3.35. The molecule has 0 aromatic heterocycles. The summed E-state index contributed by atoms with van der Waals surface area (Å²) in [6.07, 6.45) is 1.60. The van der Waals surface area contributed by atoms with E-state index in [-0.39, 0.29) is 12.5 Å². The minimum absolute atomic E-state index is 0.0214. The Balaban J connectivity index is 1.57. The second-order valence-corrected chi connectivity index (χ2v) is 6.58. The van der Waals surface area contributed by atoms with Crippen molar-refractivity contribution in [2.24, 2.45) is 0 Å². The smallest absolute Gasteiger partial charge is 0.230 e. The number of aliphatic hydroxyl groups excluding tert-OH is 1. The molecule has 0 saturated heterocycles. The molecule has 1 aliphatic rings. The fraction of sp³-hybridized carbons (Fsp3) is 0.316. The summed E-state index contributed by atoms with van der Waals surface area (Å²) in [5.41, 5.74) is 1.56. The van der Waals surface area contributed by atoms with Gasteiger partial charge in [0.05, 0.1) is 11.5 Å². The van der Waals surface area contributed by atoms with Crippen molar-refractivity contribution in [2.45, 2.75) is 30.8 Å². The van der Waals surface area contributed by atoms with Crippen LogP contribution < -0.4 is 5.32 Å². The van der Waals surface area contributed by atoms with Gasteiger partial charge in [0.1, 0.15) is 0 Å². The molecule has 0 spiro atoms. The Hall–Kier alpha value is -1.84. The predicted octanol–water partition coefficient (Wildman–Crippen LogP) is 3.09. The molecule has 1 amide bonds. The van der Waals surface area contributed by atoms with Crippen molar-refractivity contribution < 1.29 is 9.90 Å². The molecule has 0 bridgehead atoms. The van der Waals surface area contributed by atoms with Gasteiger partial charge in [-0.25, -0.2) is 0 Å². The molecule has 2 aromatic rings. The van der Waals surface area contributed by atoms with Gasteiger partial charge in [0.15, 0.2) is 0 Å². The molecule has 1 unspecified atom stereocenters. The van der Waals surface area contributed by atoms with Crippen LogP contribution in [0.3, 0.4) is 0 Å². The minimum Gasteiger partial charge on any atom is -0.391 e. The number of amides is 1. The molecule has 0 aliphatic heterocycles. The largest absolute Gasteiger partial charge is 0.391 e. The lowest BCUT2D eigenvalue weighted by molar-refractivity contribution is -0.124. The van der Waals surface area contributed by atoms with Gasteiger partial charge in [-0.15, -0.1) is 0 Å². The van der Waals surface area contributed by atoms with Crippen LogP contribution in [0.1, 0.15) is 24.0 Å². The molecule has 1 aliphatic carbocycles. The highest BCUT2D eigenvalue weighted by Crippen LogP contribution is 2.48. The molecule has 23 heavy (non-hydrogen) atoms. The third kappa shape index (κ3) is 3.74. The molecule has 4 heteroatoms. The van der Waals surface area contributed by atoms with E-state index in [1.807, 2.05) is 54.6 Å². The number of hydrogen-bond donors (Lipinski definition) is 2. The van der Waals surface area contributed by atoms with Crippen LogP contribution in [0.4, 0.5) is 0 Å². The van der Waals surface area contributed by atoms with Crippen LogP contribution in [0, 0.1) is 0 Å². The molecule has 3 nitrogen and oxygen atoms in total. The topological polar surface area (TPSA) is 49.3 Å². The second-order valence-electron chi connectivity index (χ2n) is 6.15. The molecular formula is C19H20ClNO2. The summed E-state index contributed by atoms with van der Waals surface area (Å²) in [6.45, 7) is 0.260. The van der Waals surface area contributed by atoms with E-state index in [2.05, 4.69) is 5.32 Å². The minimum atomic E-state index is -0.587. The van der Waals surface area contributed by atoms with Crippen molar-refractivity contribution >= 4 is 17.5 Å². The maximum absolute atomic E-state index is 12.5. The van der Waals surface area contributed by atoms with Crippen LogP contribution >= 0.6 is 11.6 Å². The molecule has 3 rings (SSSR count). The molecular weight excluding hydrogens is 310 g/mol. The number of rotatable bonds is 6. The van der Waals surface area contributed by atoms with Crippen LogP contribution in [0.25, 0.3) is 0 Å². The normalized spacial score (nSPS) is 16.6. The van der Waals surface area contributed by atoms with Gasteiger partial charge in [0.2, 0.25) is 5.91 Å². The van der Waals surface area contributed by atoms with E-state index in [1.165, 1.54) is 0 Å². The van der Waals surface area contributed by atoms with Gasteiger partial charge >= 0.3 is 0 Å². The first kappa shape index (κ1) is 16.0. The highest BCUT2D eigenvalue weighted by Gasteiger charge is 2.51. The quantitative estimate of drug-likeness (QED) is 0.855.